The summed E-state index contributed by atoms with van der Waals surface area (Å²) in [6, 6.07) is -0.794. The zero-order chi connectivity index (χ0) is 14.3. The number of carboxylic acid groups (broad SMARTS) is 1. The fraction of sp³-hybridized carbons (Fsp3) is 0.846. The summed E-state index contributed by atoms with van der Waals surface area (Å²) < 4.78 is 0. The van der Waals surface area contributed by atoms with E-state index in [9.17, 15) is 9.59 Å². The van der Waals surface area contributed by atoms with Crippen molar-refractivity contribution in [1.82, 2.24) is 10.6 Å². The molecule has 5 heteroatoms. The molecule has 0 rings (SSSR count). The molecule has 0 fully saturated rings. The maximum absolute atomic E-state index is 11.6. The van der Waals surface area contributed by atoms with Crippen LogP contribution in [-0.2, 0) is 9.59 Å². The SMILES string of the molecule is CCC(C)C(NC(=O)CCNC(C)(C)C)C(=O)O. The summed E-state index contributed by atoms with van der Waals surface area (Å²) in [5.41, 5.74) is -0.0385. The van der Waals surface area contributed by atoms with E-state index in [1.165, 1.54) is 0 Å². The Morgan fingerprint density at radius 2 is 1.83 bits per heavy atom. The summed E-state index contributed by atoms with van der Waals surface area (Å²) in [6.45, 7) is 10.3. The highest BCUT2D eigenvalue weighted by Gasteiger charge is 2.25. The van der Waals surface area contributed by atoms with Crippen LogP contribution < -0.4 is 10.6 Å². The van der Waals surface area contributed by atoms with E-state index in [1.54, 1.807) is 0 Å². The van der Waals surface area contributed by atoms with Gasteiger partial charge in [0.15, 0.2) is 0 Å². The van der Waals surface area contributed by atoms with Gasteiger partial charge in [0.2, 0.25) is 5.91 Å². The third kappa shape index (κ3) is 7.27. The number of carbonyl (C=O) groups is 2. The Morgan fingerprint density at radius 1 is 1.28 bits per heavy atom. The molecule has 106 valence electrons. The summed E-state index contributed by atoms with van der Waals surface area (Å²) in [6.07, 6.45) is 1.01. The smallest absolute Gasteiger partial charge is 0.326 e. The average Bonchev–Trinajstić information content (AvgIpc) is 2.22. The molecule has 1 amide bonds. The molecule has 2 atom stereocenters. The minimum Gasteiger partial charge on any atom is -0.480 e. The molecule has 0 aliphatic heterocycles. The van der Waals surface area contributed by atoms with Crippen LogP contribution in [0, 0.1) is 5.92 Å². The summed E-state index contributed by atoms with van der Waals surface area (Å²) in [5.74, 6) is -1.26. The molecule has 0 aromatic heterocycles. The van der Waals surface area contributed by atoms with Gasteiger partial charge in [0, 0.05) is 18.5 Å². The van der Waals surface area contributed by atoms with Crippen LogP contribution in [0.4, 0.5) is 0 Å². The van der Waals surface area contributed by atoms with E-state index >= 15 is 0 Å². The number of carboxylic acids is 1. The van der Waals surface area contributed by atoms with Crippen LogP contribution in [-0.4, -0.2) is 35.1 Å². The standard InChI is InChI=1S/C13H26N2O3/c1-6-9(2)11(12(17)18)15-10(16)7-8-14-13(3,4)5/h9,11,14H,6-8H2,1-5H3,(H,15,16)(H,17,18). The van der Waals surface area contributed by atoms with E-state index in [0.717, 1.165) is 6.42 Å². The van der Waals surface area contributed by atoms with Crippen LogP contribution >= 0.6 is 0 Å². The first-order chi connectivity index (χ1) is 8.17. The van der Waals surface area contributed by atoms with Crippen molar-refractivity contribution in [1.29, 1.82) is 0 Å². The molecular weight excluding hydrogens is 232 g/mol. The van der Waals surface area contributed by atoms with Crippen molar-refractivity contribution in [2.24, 2.45) is 5.92 Å². The molecular formula is C13H26N2O3. The van der Waals surface area contributed by atoms with Crippen LogP contribution in [0.25, 0.3) is 0 Å². The Morgan fingerprint density at radius 3 is 2.22 bits per heavy atom. The number of carbonyl (C=O) groups excluding carboxylic acids is 1. The first kappa shape index (κ1) is 16.9. The topological polar surface area (TPSA) is 78.4 Å². The van der Waals surface area contributed by atoms with Crippen molar-refractivity contribution in [2.75, 3.05) is 6.54 Å². The van der Waals surface area contributed by atoms with Crippen molar-refractivity contribution in [2.45, 2.75) is 59.0 Å². The summed E-state index contributed by atoms with van der Waals surface area (Å²) in [4.78, 5) is 22.7. The second-order valence-electron chi connectivity index (χ2n) is 5.70. The highest BCUT2D eigenvalue weighted by Crippen LogP contribution is 2.08. The molecule has 0 aromatic carbocycles. The van der Waals surface area contributed by atoms with E-state index in [1.807, 2.05) is 34.6 Å². The lowest BCUT2D eigenvalue weighted by molar-refractivity contribution is -0.143. The molecule has 0 spiro atoms. The van der Waals surface area contributed by atoms with Crippen LogP contribution in [0.1, 0.15) is 47.5 Å². The molecule has 18 heavy (non-hydrogen) atoms. The van der Waals surface area contributed by atoms with E-state index < -0.39 is 12.0 Å². The normalized spacial score (nSPS) is 14.9. The zero-order valence-electron chi connectivity index (χ0n) is 12.0. The molecule has 0 bridgehead atoms. The van der Waals surface area contributed by atoms with Crippen molar-refractivity contribution in [3.05, 3.63) is 0 Å². The lowest BCUT2D eigenvalue weighted by Crippen LogP contribution is -2.46. The predicted molar refractivity (Wildman–Crippen MR) is 71.4 cm³/mol. The molecule has 2 unspecified atom stereocenters. The third-order valence-electron chi connectivity index (χ3n) is 2.80. The van der Waals surface area contributed by atoms with Gasteiger partial charge in [-0.2, -0.15) is 0 Å². The first-order valence-corrected chi connectivity index (χ1v) is 6.44. The van der Waals surface area contributed by atoms with Crippen LogP contribution in [0.5, 0.6) is 0 Å². The molecule has 0 aliphatic rings. The highest BCUT2D eigenvalue weighted by molar-refractivity contribution is 5.83. The first-order valence-electron chi connectivity index (χ1n) is 6.44. The molecule has 3 N–H and O–H groups in total. The average molecular weight is 258 g/mol. The van der Waals surface area contributed by atoms with E-state index in [0.29, 0.717) is 6.54 Å². The van der Waals surface area contributed by atoms with E-state index in [-0.39, 0.29) is 23.8 Å². The summed E-state index contributed by atoms with van der Waals surface area (Å²) in [5, 5.41) is 14.8. The summed E-state index contributed by atoms with van der Waals surface area (Å²) in [7, 11) is 0. The maximum Gasteiger partial charge on any atom is 0.326 e. The second-order valence-corrected chi connectivity index (χ2v) is 5.70. The van der Waals surface area contributed by atoms with Gasteiger partial charge in [-0.15, -0.1) is 0 Å². The Hall–Kier alpha value is -1.10. The Kier molecular flexibility index (Phi) is 6.91. The third-order valence-corrected chi connectivity index (χ3v) is 2.80. The quantitative estimate of drug-likeness (QED) is 0.644. The summed E-state index contributed by atoms with van der Waals surface area (Å²) >= 11 is 0. The van der Waals surface area contributed by atoms with Gasteiger partial charge in [-0.05, 0) is 26.7 Å². The Labute approximate surface area is 109 Å². The van der Waals surface area contributed by atoms with Gasteiger partial charge in [-0.25, -0.2) is 4.79 Å². The van der Waals surface area contributed by atoms with Gasteiger partial charge in [0.1, 0.15) is 6.04 Å². The number of hydrogen-bond donors (Lipinski definition) is 3. The molecule has 0 aromatic rings. The van der Waals surface area contributed by atoms with Gasteiger partial charge in [0.05, 0.1) is 0 Å². The van der Waals surface area contributed by atoms with Gasteiger partial charge >= 0.3 is 5.97 Å². The van der Waals surface area contributed by atoms with Crippen molar-refractivity contribution < 1.29 is 14.7 Å². The zero-order valence-corrected chi connectivity index (χ0v) is 12.0. The molecule has 0 saturated carbocycles. The van der Waals surface area contributed by atoms with Crippen molar-refractivity contribution in [3.63, 3.8) is 0 Å². The Bertz CT molecular complexity index is 284. The van der Waals surface area contributed by atoms with E-state index in [4.69, 9.17) is 5.11 Å². The van der Waals surface area contributed by atoms with Crippen LogP contribution in [0.3, 0.4) is 0 Å². The monoisotopic (exact) mass is 258 g/mol. The number of hydrogen-bond acceptors (Lipinski definition) is 3. The molecule has 5 nitrogen and oxygen atoms in total. The van der Waals surface area contributed by atoms with Gasteiger partial charge in [-0.3, -0.25) is 4.79 Å². The lowest BCUT2D eigenvalue weighted by atomic mass is 9.99. The number of nitrogens with one attached hydrogen (secondary N) is 2. The van der Waals surface area contributed by atoms with E-state index in [2.05, 4.69) is 10.6 Å². The highest BCUT2D eigenvalue weighted by atomic mass is 16.4. The largest absolute Gasteiger partial charge is 0.480 e. The van der Waals surface area contributed by atoms with Crippen LogP contribution in [0.15, 0.2) is 0 Å². The number of amides is 1. The molecule has 0 heterocycles. The lowest BCUT2D eigenvalue weighted by Gasteiger charge is -2.22. The van der Waals surface area contributed by atoms with Crippen molar-refractivity contribution in [3.8, 4) is 0 Å². The Balaban J connectivity index is 4.15. The second kappa shape index (κ2) is 7.36. The minimum atomic E-state index is -0.971. The fourth-order valence-electron chi connectivity index (χ4n) is 1.48. The van der Waals surface area contributed by atoms with Crippen LogP contribution in [0.2, 0.25) is 0 Å². The molecule has 0 radical (unpaired) electrons. The number of aliphatic carboxylic acids is 1. The van der Waals surface area contributed by atoms with Gasteiger partial charge in [-0.1, -0.05) is 20.3 Å². The van der Waals surface area contributed by atoms with Gasteiger partial charge in [0.25, 0.3) is 0 Å². The predicted octanol–water partition coefficient (Wildman–Crippen LogP) is 1.38. The van der Waals surface area contributed by atoms with Gasteiger partial charge < -0.3 is 15.7 Å². The molecule has 0 aliphatic carbocycles. The minimum absolute atomic E-state index is 0.0385. The molecule has 0 saturated heterocycles. The van der Waals surface area contributed by atoms with Crippen molar-refractivity contribution >= 4 is 11.9 Å². The number of rotatable bonds is 7. The fourth-order valence-corrected chi connectivity index (χ4v) is 1.48. The maximum atomic E-state index is 11.6.